The summed E-state index contributed by atoms with van der Waals surface area (Å²) in [5.41, 5.74) is 26.7. The van der Waals surface area contributed by atoms with Crippen molar-refractivity contribution in [3.05, 3.63) is 224 Å². The van der Waals surface area contributed by atoms with Crippen LogP contribution in [-0.4, -0.2) is 31.4 Å². The van der Waals surface area contributed by atoms with E-state index in [2.05, 4.69) is 212 Å². The third-order valence-electron chi connectivity index (χ3n) is 19.0. The molecule has 15 rings (SSSR count). The van der Waals surface area contributed by atoms with Gasteiger partial charge in [-0.05, 0) is 120 Å². The first-order valence-corrected chi connectivity index (χ1v) is 27.8. The lowest BCUT2D eigenvalue weighted by Gasteiger charge is -2.33. The normalized spacial score (nSPS) is 16.5. The molecule has 80 heavy (non-hydrogen) atoms. The number of nitrogens with zero attached hydrogens (tertiary/aromatic N) is 1. The van der Waals surface area contributed by atoms with Crippen molar-refractivity contribution in [2.75, 3.05) is 4.90 Å². The Hall–Kier alpha value is -8.32. The van der Waals surface area contributed by atoms with E-state index in [-0.39, 0.29) is 33.6 Å². The van der Waals surface area contributed by atoms with E-state index in [1.54, 1.807) is 0 Å². The van der Waals surface area contributed by atoms with Crippen LogP contribution >= 0.6 is 0 Å². The third-order valence-corrected chi connectivity index (χ3v) is 19.0. The van der Waals surface area contributed by atoms with E-state index in [0.717, 1.165) is 66.5 Å². The van der Waals surface area contributed by atoms with Gasteiger partial charge in [0.1, 0.15) is 45.9 Å². The van der Waals surface area contributed by atoms with Gasteiger partial charge >= 0.3 is 0 Å². The van der Waals surface area contributed by atoms with Crippen LogP contribution in [0.3, 0.4) is 0 Å². The van der Waals surface area contributed by atoms with Crippen LogP contribution in [0.25, 0.3) is 94.0 Å². The average Bonchev–Trinajstić information content (AvgIpc) is 3.78. The summed E-state index contributed by atoms with van der Waals surface area (Å²) in [6.07, 6.45) is 6.55. The number of para-hydroxylation sites is 3. The molecule has 2 aromatic heterocycles. The standard InChI is InChI=1S/C73H53B4NO2/c1-10-40(66(76)67(77)52(75)37-74)41-21-13-18-28-53(41)78(38-31-33-44-50(35-38)72(6,7)62-56(44)58-46-24-14-19-29-54(46)79-68(58)60-42-22-11-16-26-48(42)70(2,3)64(60)62)39-32-34-45-51(36-39)73(8,9)63-57(45)59-47-25-15-20-30-55(47)80-69(59)61-43-23-12-17-27-49(43)71(4,5)65(61)63/h1,11-36H,37H2,2-9H3/b66-40-,67-52-. The molecule has 7 heteroatoms. The Morgan fingerprint density at radius 3 is 1.34 bits per heavy atom. The Bertz CT molecular complexity index is 4510. The maximum absolute atomic E-state index is 7.03. The van der Waals surface area contributed by atoms with Gasteiger partial charge in [-0.15, -0.1) is 17.4 Å². The second kappa shape index (κ2) is 16.4. The summed E-state index contributed by atoms with van der Waals surface area (Å²) < 4.78 is 14.1. The molecule has 374 valence electrons. The van der Waals surface area contributed by atoms with E-state index < -0.39 is 10.8 Å². The predicted molar refractivity (Wildman–Crippen MR) is 337 cm³/mol. The van der Waals surface area contributed by atoms with E-state index in [0.29, 0.717) is 5.57 Å². The van der Waals surface area contributed by atoms with Crippen LogP contribution in [0.2, 0.25) is 6.32 Å². The van der Waals surface area contributed by atoms with Gasteiger partial charge in [-0.1, -0.05) is 188 Å². The fourth-order valence-corrected chi connectivity index (χ4v) is 15.3. The van der Waals surface area contributed by atoms with Crippen LogP contribution in [0.15, 0.2) is 183 Å². The molecule has 8 radical (unpaired) electrons. The number of hydrogen-bond acceptors (Lipinski definition) is 3. The largest absolute Gasteiger partial charge is 0.455 e. The van der Waals surface area contributed by atoms with Crippen LogP contribution < -0.4 is 4.90 Å². The Balaban J connectivity index is 1.00. The average molecular weight is 1020 g/mol. The van der Waals surface area contributed by atoms with Crippen LogP contribution in [0.5, 0.6) is 0 Å². The summed E-state index contributed by atoms with van der Waals surface area (Å²) >= 11 is 0. The Kier molecular flexibility index (Phi) is 10.00. The first kappa shape index (κ1) is 48.8. The number of anilines is 3. The van der Waals surface area contributed by atoms with Gasteiger partial charge < -0.3 is 13.7 Å². The molecule has 0 saturated heterocycles. The Morgan fingerprint density at radius 1 is 0.463 bits per heavy atom. The number of allylic oxidation sites excluding steroid dienone is 4. The van der Waals surface area contributed by atoms with Gasteiger partial charge in [0.25, 0.3) is 0 Å². The second-order valence-electron chi connectivity index (χ2n) is 24.6. The van der Waals surface area contributed by atoms with Crippen LogP contribution in [-0.2, 0) is 21.7 Å². The van der Waals surface area contributed by atoms with E-state index in [4.69, 9.17) is 46.6 Å². The molecular weight excluding hydrogens is 966 g/mol. The zero-order chi connectivity index (χ0) is 55.3. The summed E-state index contributed by atoms with van der Waals surface area (Å²) in [4.78, 5) is 2.35. The molecule has 3 nitrogen and oxygen atoms in total. The number of terminal acetylenes is 1. The highest BCUT2D eigenvalue weighted by Gasteiger charge is 2.51. The van der Waals surface area contributed by atoms with Crippen molar-refractivity contribution in [2.45, 2.75) is 83.4 Å². The summed E-state index contributed by atoms with van der Waals surface area (Å²) in [6, 6.07) is 57.0. The molecule has 0 bridgehead atoms. The fraction of sp³-hybridized carbons (Fsp3) is 0.178. The number of fused-ring (bicyclic) bond motifs is 24. The molecular formula is C73H53B4NO2. The number of rotatable bonds is 6. The molecule has 0 spiro atoms. The molecule has 0 aliphatic heterocycles. The molecule has 0 unspecified atom stereocenters. The molecule has 11 aromatic rings. The molecule has 0 N–H and O–H groups in total. The van der Waals surface area contributed by atoms with Crippen LogP contribution in [0.1, 0.15) is 105 Å². The number of furan rings is 2. The van der Waals surface area contributed by atoms with Gasteiger partial charge in [0.15, 0.2) is 0 Å². The molecule has 0 fully saturated rings. The van der Waals surface area contributed by atoms with Gasteiger partial charge in [-0.3, -0.25) is 0 Å². The van der Waals surface area contributed by atoms with Crippen molar-refractivity contribution >= 4 is 97.9 Å². The lowest BCUT2D eigenvalue weighted by Crippen LogP contribution is -2.24. The highest BCUT2D eigenvalue weighted by atomic mass is 16.3. The molecule has 4 aliphatic carbocycles. The topological polar surface area (TPSA) is 29.5 Å². The third kappa shape index (κ3) is 6.07. The SMILES string of the molecule is [B]C/C([B])=C([B])\C([B])=C(/C#C)c1ccccc1N(c1ccc2c(c1)C(C)(C)c1c3c(c4oc5ccccc5c4c1-2)-c1ccccc1C3(C)C)c1ccc2c(c1)C(C)(C)c1c3c(c4oc5ccccc5c4c1-2)-c1ccccc1C3(C)C. The molecule has 2 heterocycles. The molecule has 0 amide bonds. The van der Waals surface area contributed by atoms with Gasteiger partial charge in [-0.25, -0.2) is 0 Å². The molecule has 0 saturated carbocycles. The minimum atomic E-state index is -0.458. The zero-order valence-electron chi connectivity index (χ0n) is 46.4. The minimum absolute atomic E-state index is 0.0273. The Labute approximate surface area is 473 Å². The smallest absolute Gasteiger partial charge is 0.144 e. The first-order chi connectivity index (χ1) is 38.4. The fourth-order valence-electron chi connectivity index (χ4n) is 15.3. The van der Waals surface area contributed by atoms with Crippen molar-refractivity contribution in [1.82, 2.24) is 0 Å². The second-order valence-corrected chi connectivity index (χ2v) is 24.6. The highest BCUT2D eigenvalue weighted by molar-refractivity contribution is 6.44. The van der Waals surface area contributed by atoms with Crippen molar-refractivity contribution in [1.29, 1.82) is 0 Å². The lowest BCUT2D eigenvalue weighted by molar-refractivity contribution is 0.600. The molecule has 9 aromatic carbocycles. The summed E-state index contributed by atoms with van der Waals surface area (Å²) in [6.45, 7) is 19.1. The van der Waals surface area contributed by atoms with Gasteiger partial charge in [0, 0.05) is 76.8 Å². The van der Waals surface area contributed by atoms with Crippen molar-refractivity contribution in [3.8, 4) is 56.9 Å². The maximum atomic E-state index is 7.03. The monoisotopic (exact) mass is 1020 g/mol. The summed E-state index contributed by atoms with van der Waals surface area (Å²) in [5, 5.41) is 4.54. The lowest BCUT2D eigenvalue weighted by atomic mass is 9.65. The van der Waals surface area contributed by atoms with E-state index >= 15 is 0 Å². The summed E-state index contributed by atoms with van der Waals surface area (Å²) in [5.74, 6) is 2.95. The van der Waals surface area contributed by atoms with Gasteiger partial charge in [0.2, 0.25) is 0 Å². The van der Waals surface area contributed by atoms with Crippen molar-refractivity contribution < 1.29 is 8.83 Å². The van der Waals surface area contributed by atoms with E-state index in [1.807, 2.05) is 12.1 Å². The van der Waals surface area contributed by atoms with E-state index in [9.17, 15) is 0 Å². The van der Waals surface area contributed by atoms with Crippen molar-refractivity contribution in [2.24, 2.45) is 0 Å². The van der Waals surface area contributed by atoms with Gasteiger partial charge in [-0.2, -0.15) is 0 Å². The van der Waals surface area contributed by atoms with E-state index in [1.165, 1.54) is 89.0 Å². The molecule has 0 atom stereocenters. The molecule has 4 aliphatic rings. The number of hydrogen-bond donors (Lipinski definition) is 0. The predicted octanol–water partition coefficient (Wildman–Crippen LogP) is 17.8. The van der Waals surface area contributed by atoms with Crippen LogP contribution in [0.4, 0.5) is 17.1 Å². The van der Waals surface area contributed by atoms with Crippen molar-refractivity contribution in [3.63, 3.8) is 0 Å². The summed E-state index contributed by atoms with van der Waals surface area (Å²) in [7, 11) is 26.1. The first-order valence-electron chi connectivity index (χ1n) is 27.8. The quantitative estimate of drug-likeness (QED) is 0.0944. The number of benzene rings is 9. The van der Waals surface area contributed by atoms with Gasteiger partial charge in [0.05, 0.1) is 13.5 Å². The minimum Gasteiger partial charge on any atom is -0.455 e. The Morgan fingerprint density at radius 2 is 0.863 bits per heavy atom. The highest BCUT2D eigenvalue weighted by Crippen LogP contribution is 2.66. The zero-order valence-corrected chi connectivity index (χ0v) is 46.4. The maximum Gasteiger partial charge on any atom is 0.144 e. The van der Waals surface area contributed by atoms with Crippen LogP contribution in [0, 0.1) is 12.3 Å².